The molecule has 1 N–H and O–H groups in total. The molecule has 0 fully saturated rings. The molecule has 1 aromatic heterocycles. The van der Waals surface area contributed by atoms with Crippen molar-refractivity contribution in [3.05, 3.63) is 45.4 Å². The zero-order chi connectivity index (χ0) is 17.3. The number of carbonyl (C=O) groups is 1. The van der Waals surface area contributed by atoms with Crippen molar-refractivity contribution in [3.63, 3.8) is 0 Å². The molecule has 0 aliphatic heterocycles. The topological polar surface area (TPSA) is 60.5 Å². The third-order valence-electron chi connectivity index (χ3n) is 3.28. The van der Waals surface area contributed by atoms with Gasteiger partial charge in [-0.3, -0.25) is 10.1 Å². The number of benzene rings is 2. The van der Waals surface area contributed by atoms with Crippen LogP contribution < -0.4 is 14.8 Å². The van der Waals surface area contributed by atoms with Gasteiger partial charge in [0.15, 0.2) is 5.13 Å². The summed E-state index contributed by atoms with van der Waals surface area (Å²) in [5.41, 5.74) is 1.04. The van der Waals surface area contributed by atoms with Crippen LogP contribution in [-0.4, -0.2) is 25.1 Å². The fraction of sp³-hybridized carbons (Fsp3) is 0.125. The number of hydrogen-bond acceptors (Lipinski definition) is 5. The molecule has 3 rings (SSSR count). The first-order valence-corrected chi connectivity index (χ1v) is 8.79. The van der Waals surface area contributed by atoms with E-state index in [0.717, 1.165) is 9.17 Å². The SMILES string of the molecule is COc1cc(OC)c2nc(NC(=O)c3cc(Br)ccc3Cl)sc2c1. The Morgan fingerprint density at radius 3 is 2.75 bits per heavy atom. The maximum Gasteiger partial charge on any atom is 0.258 e. The molecule has 24 heavy (non-hydrogen) atoms. The molecule has 0 atom stereocenters. The number of amides is 1. The van der Waals surface area contributed by atoms with Crippen LogP contribution in [0, 0.1) is 0 Å². The highest BCUT2D eigenvalue weighted by Gasteiger charge is 2.16. The number of methoxy groups -OCH3 is 2. The van der Waals surface area contributed by atoms with Gasteiger partial charge in [-0.2, -0.15) is 0 Å². The van der Waals surface area contributed by atoms with Crippen molar-refractivity contribution in [2.75, 3.05) is 19.5 Å². The molecule has 0 saturated heterocycles. The zero-order valence-corrected chi connectivity index (χ0v) is 15.9. The summed E-state index contributed by atoms with van der Waals surface area (Å²) in [5, 5.41) is 3.60. The predicted octanol–water partition coefficient (Wildman–Crippen LogP) is 4.98. The Morgan fingerprint density at radius 1 is 1.25 bits per heavy atom. The quantitative estimate of drug-likeness (QED) is 0.638. The van der Waals surface area contributed by atoms with E-state index in [1.165, 1.54) is 11.3 Å². The Hall–Kier alpha value is -1.83. The maximum atomic E-state index is 12.4. The van der Waals surface area contributed by atoms with Crippen LogP contribution >= 0.6 is 38.9 Å². The van der Waals surface area contributed by atoms with Gasteiger partial charge in [0.25, 0.3) is 5.91 Å². The third kappa shape index (κ3) is 3.33. The molecule has 5 nitrogen and oxygen atoms in total. The Labute approximate surface area is 155 Å². The molecule has 0 radical (unpaired) electrons. The predicted molar refractivity (Wildman–Crippen MR) is 99.8 cm³/mol. The summed E-state index contributed by atoms with van der Waals surface area (Å²) < 4.78 is 12.2. The Bertz CT molecular complexity index is 929. The van der Waals surface area contributed by atoms with Crippen LogP contribution in [0.5, 0.6) is 11.5 Å². The number of rotatable bonds is 4. The zero-order valence-electron chi connectivity index (χ0n) is 12.7. The van der Waals surface area contributed by atoms with Crippen LogP contribution in [0.2, 0.25) is 5.02 Å². The summed E-state index contributed by atoms with van der Waals surface area (Å²) in [6.45, 7) is 0. The highest BCUT2D eigenvalue weighted by molar-refractivity contribution is 9.10. The first-order valence-electron chi connectivity index (χ1n) is 6.81. The fourth-order valence-electron chi connectivity index (χ4n) is 2.14. The first kappa shape index (κ1) is 17.0. The summed E-state index contributed by atoms with van der Waals surface area (Å²) >= 11 is 10.8. The summed E-state index contributed by atoms with van der Waals surface area (Å²) in [4.78, 5) is 16.9. The van der Waals surface area contributed by atoms with E-state index >= 15 is 0 Å². The minimum absolute atomic E-state index is 0.328. The third-order valence-corrected chi connectivity index (χ3v) is 5.02. The number of aromatic nitrogens is 1. The van der Waals surface area contributed by atoms with E-state index in [4.69, 9.17) is 21.1 Å². The number of hydrogen-bond donors (Lipinski definition) is 1. The highest BCUT2D eigenvalue weighted by atomic mass is 79.9. The maximum absolute atomic E-state index is 12.4. The first-order chi connectivity index (χ1) is 11.5. The average molecular weight is 428 g/mol. The minimum Gasteiger partial charge on any atom is -0.497 e. The van der Waals surface area contributed by atoms with Gasteiger partial charge in [0.05, 0.1) is 29.5 Å². The van der Waals surface area contributed by atoms with Gasteiger partial charge in [0.2, 0.25) is 0 Å². The lowest BCUT2D eigenvalue weighted by Crippen LogP contribution is -2.12. The van der Waals surface area contributed by atoms with E-state index in [1.807, 2.05) is 6.07 Å². The van der Waals surface area contributed by atoms with E-state index in [1.54, 1.807) is 38.5 Å². The van der Waals surface area contributed by atoms with Crippen LogP contribution in [0.25, 0.3) is 10.2 Å². The number of fused-ring (bicyclic) bond motifs is 1. The van der Waals surface area contributed by atoms with Crippen molar-refractivity contribution in [1.29, 1.82) is 0 Å². The van der Waals surface area contributed by atoms with Gasteiger partial charge >= 0.3 is 0 Å². The number of anilines is 1. The van der Waals surface area contributed by atoms with E-state index in [9.17, 15) is 4.79 Å². The second-order valence-electron chi connectivity index (χ2n) is 4.77. The van der Waals surface area contributed by atoms with Crippen LogP contribution in [0.3, 0.4) is 0 Å². The molecule has 8 heteroatoms. The van der Waals surface area contributed by atoms with E-state index < -0.39 is 0 Å². The van der Waals surface area contributed by atoms with Gasteiger partial charge in [0.1, 0.15) is 17.0 Å². The van der Waals surface area contributed by atoms with Gasteiger partial charge in [0, 0.05) is 10.5 Å². The van der Waals surface area contributed by atoms with Crippen molar-refractivity contribution in [2.24, 2.45) is 0 Å². The van der Waals surface area contributed by atoms with Crippen molar-refractivity contribution in [1.82, 2.24) is 4.98 Å². The lowest BCUT2D eigenvalue weighted by Gasteiger charge is -2.04. The Morgan fingerprint density at radius 2 is 2.04 bits per heavy atom. The van der Waals surface area contributed by atoms with Crippen molar-refractivity contribution in [2.45, 2.75) is 0 Å². The molecule has 0 spiro atoms. The molecule has 0 saturated carbocycles. The van der Waals surface area contributed by atoms with E-state index in [2.05, 4.69) is 26.2 Å². The molecular formula is C16H12BrClN2O3S. The second kappa shape index (κ2) is 6.96. The molecule has 0 bridgehead atoms. The number of thiazole rings is 1. The van der Waals surface area contributed by atoms with Crippen molar-refractivity contribution in [3.8, 4) is 11.5 Å². The number of halogens is 2. The van der Waals surface area contributed by atoms with Gasteiger partial charge < -0.3 is 9.47 Å². The van der Waals surface area contributed by atoms with Crippen LogP contribution in [0.1, 0.15) is 10.4 Å². The lowest BCUT2D eigenvalue weighted by molar-refractivity contribution is 0.102. The molecular weight excluding hydrogens is 416 g/mol. The lowest BCUT2D eigenvalue weighted by atomic mass is 10.2. The Balaban J connectivity index is 1.95. The van der Waals surface area contributed by atoms with Crippen molar-refractivity contribution >= 4 is 60.1 Å². The standard InChI is InChI=1S/C16H12BrClN2O3S/c1-22-9-6-12(23-2)14-13(7-9)24-16(19-14)20-15(21)10-5-8(17)3-4-11(10)18/h3-7H,1-2H3,(H,19,20,21). The molecule has 0 unspecified atom stereocenters. The number of carbonyl (C=O) groups excluding carboxylic acids is 1. The highest BCUT2D eigenvalue weighted by Crippen LogP contribution is 2.36. The van der Waals surface area contributed by atoms with E-state index in [-0.39, 0.29) is 5.91 Å². The van der Waals surface area contributed by atoms with Gasteiger partial charge in [-0.1, -0.05) is 38.9 Å². The van der Waals surface area contributed by atoms with Crippen molar-refractivity contribution < 1.29 is 14.3 Å². The van der Waals surface area contributed by atoms with Crippen LogP contribution in [-0.2, 0) is 0 Å². The molecule has 0 aliphatic rings. The summed E-state index contributed by atoms with van der Waals surface area (Å²) in [7, 11) is 3.15. The Kier molecular flexibility index (Phi) is 4.93. The molecule has 2 aromatic carbocycles. The normalized spacial score (nSPS) is 10.7. The molecule has 124 valence electrons. The molecule has 1 heterocycles. The van der Waals surface area contributed by atoms with Gasteiger partial charge in [-0.15, -0.1) is 0 Å². The van der Waals surface area contributed by atoms with Gasteiger partial charge in [-0.25, -0.2) is 4.98 Å². The van der Waals surface area contributed by atoms with E-state index in [0.29, 0.717) is 32.7 Å². The van der Waals surface area contributed by atoms with Gasteiger partial charge in [-0.05, 0) is 24.3 Å². The van der Waals surface area contributed by atoms with Crippen LogP contribution in [0.4, 0.5) is 5.13 Å². The smallest absolute Gasteiger partial charge is 0.258 e. The average Bonchev–Trinajstić information content (AvgIpc) is 2.98. The monoisotopic (exact) mass is 426 g/mol. The number of nitrogens with zero attached hydrogens (tertiary/aromatic N) is 1. The fourth-order valence-corrected chi connectivity index (χ4v) is 3.61. The molecule has 0 aliphatic carbocycles. The summed E-state index contributed by atoms with van der Waals surface area (Å²) in [5.74, 6) is 0.920. The van der Waals surface area contributed by atoms with Crippen LogP contribution in [0.15, 0.2) is 34.8 Å². The number of nitrogens with one attached hydrogen (secondary N) is 1. The number of ether oxygens (including phenoxy) is 2. The second-order valence-corrected chi connectivity index (χ2v) is 7.13. The molecule has 3 aromatic rings. The summed E-state index contributed by atoms with van der Waals surface area (Å²) in [6.07, 6.45) is 0. The minimum atomic E-state index is -0.328. The largest absolute Gasteiger partial charge is 0.497 e. The molecule has 1 amide bonds. The summed E-state index contributed by atoms with van der Waals surface area (Å²) in [6, 6.07) is 8.69.